The number of carbonyl (C=O) groups is 1. The molecule has 3 aromatic carbocycles. The fourth-order valence-electron chi connectivity index (χ4n) is 2.71. The molecule has 0 aromatic heterocycles. The van der Waals surface area contributed by atoms with E-state index in [1.165, 1.54) is 25.1 Å². The van der Waals surface area contributed by atoms with Crippen molar-refractivity contribution in [2.45, 2.75) is 24.5 Å². The van der Waals surface area contributed by atoms with Crippen LogP contribution in [0.25, 0.3) is 0 Å². The lowest BCUT2D eigenvalue weighted by atomic mass is 10.1. The lowest BCUT2D eigenvalue weighted by Crippen LogP contribution is -2.17. The van der Waals surface area contributed by atoms with Gasteiger partial charge in [0.2, 0.25) is 0 Å². The Morgan fingerprint density at radius 1 is 0.857 bits per heavy atom. The monoisotopic (exact) mass is 396 g/mol. The summed E-state index contributed by atoms with van der Waals surface area (Å²) in [5.74, 6) is -0.177. The lowest BCUT2D eigenvalue weighted by molar-refractivity contribution is -0.129. The first-order chi connectivity index (χ1) is 13.5. The maximum Gasteiger partial charge on any atom is 0.339 e. The summed E-state index contributed by atoms with van der Waals surface area (Å²) in [6.07, 6.45) is -0.942. The quantitative estimate of drug-likeness (QED) is 0.531. The van der Waals surface area contributed by atoms with Gasteiger partial charge in [-0.05, 0) is 30.7 Å². The Morgan fingerprint density at radius 3 is 2.07 bits per heavy atom. The van der Waals surface area contributed by atoms with Gasteiger partial charge in [0, 0.05) is 5.56 Å². The molecule has 0 saturated carbocycles. The summed E-state index contributed by atoms with van der Waals surface area (Å²) in [5.41, 5.74) is 1.27. The number of carbonyl (C=O) groups excluding carboxylic acids is 1. The van der Waals surface area contributed by atoms with Gasteiger partial charge in [0.15, 0.2) is 5.78 Å². The van der Waals surface area contributed by atoms with Gasteiger partial charge in [-0.1, -0.05) is 66.7 Å². The zero-order chi connectivity index (χ0) is 20.0. The van der Waals surface area contributed by atoms with Gasteiger partial charge in [-0.2, -0.15) is 8.42 Å². The van der Waals surface area contributed by atoms with E-state index in [-0.39, 0.29) is 23.0 Å². The van der Waals surface area contributed by atoms with Crippen LogP contribution in [0.2, 0.25) is 0 Å². The molecule has 3 aromatic rings. The molecule has 3 rings (SSSR count). The van der Waals surface area contributed by atoms with E-state index in [2.05, 4.69) is 0 Å². The summed E-state index contributed by atoms with van der Waals surface area (Å²) in [5, 5.41) is 0. The van der Waals surface area contributed by atoms with Crippen molar-refractivity contribution in [2.24, 2.45) is 0 Å². The molecule has 0 N–H and O–H groups in total. The van der Waals surface area contributed by atoms with Gasteiger partial charge in [-0.15, -0.1) is 0 Å². The van der Waals surface area contributed by atoms with Crippen molar-refractivity contribution >= 4 is 15.9 Å². The van der Waals surface area contributed by atoms with E-state index in [0.29, 0.717) is 5.56 Å². The Kier molecular flexibility index (Phi) is 6.23. The van der Waals surface area contributed by atoms with Gasteiger partial charge in [-0.3, -0.25) is 4.79 Å². The zero-order valence-electron chi connectivity index (χ0n) is 15.3. The van der Waals surface area contributed by atoms with Crippen LogP contribution >= 0.6 is 0 Å². The second kappa shape index (κ2) is 8.82. The molecule has 6 heteroatoms. The second-order valence-electron chi connectivity index (χ2n) is 6.18. The van der Waals surface area contributed by atoms with Crippen molar-refractivity contribution in [1.82, 2.24) is 0 Å². The van der Waals surface area contributed by atoms with Crippen LogP contribution in [0, 0.1) is 0 Å². The van der Waals surface area contributed by atoms with Crippen molar-refractivity contribution in [3.8, 4) is 5.75 Å². The van der Waals surface area contributed by atoms with Crippen LogP contribution in [0.5, 0.6) is 5.75 Å². The average molecular weight is 396 g/mol. The molecule has 0 spiro atoms. The molecule has 0 fully saturated rings. The Balaban J connectivity index is 1.87. The van der Waals surface area contributed by atoms with Crippen molar-refractivity contribution in [2.75, 3.05) is 0 Å². The molecule has 5 nitrogen and oxygen atoms in total. The topological polar surface area (TPSA) is 69.7 Å². The van der Waals surface area contributed by atoms with Gasteiger partial charge in [-0.25, -0.2) is 0 Å². The van der Waals surface area contributed by atoms with Gasteiger partial charge in [0.05, 0.1) is 6.61 Å². The maximum atomic E-state index is 12.6. The number of hydrogen-bond acceptors (Lipinski definition) is 5. The van der Waals surface area contributed by atoms with E-state index in [4.69, 9.17) is 8.92 Å². The van der Waals surface area contributed by atoms with Crippen LogP contribution < -0.4 is 4.18 Å². The summed E-state index contributed by atoms with van der Waals surface area (Å²) >= 11 is 0. The van der Waals surface area contributed by atoms with Crippen molar-refractivity contribution in [3.63, 3.8) is 0 Å². The van der Waals surface area contributed by atoms with E-state index in [1.807, 2.05) is 30.3 Å². The number of rotatable bonds is 8. The largest absolute Gasteiger partial charge is 0.379 e. The van der Waals surface area contributed by atoms with Gasteiger partial charge in [0.25, 0.3) is 0 Å². The van der Waals surface area contributed by atoms with E-state index in [0.717, 1.165) is 5.56 Å². The molecule has 0 aliphatic heterocycles. The van der Waals surface area contributed by atoms with Crippen LogP contribution in [-0.4, -0.2) is 14.2 Å². The number of benzene rings is 3. The summed E-state index contributed by atoms with van der Waals surface area (Å²) in [6.45, 7) is 1.61. The first kappa shape index (κ1) is 19.8. The highest BCUT2D eigenvalue weighted by atomic mass is 32.2. The lowest BCUT2D eigenvalue weighted by Gasteiger charge is -2.19. The normalized spacial score (nSPS) is 12.3. The highest BCUT2D eigenvalue weighted by Gasteiger charge is 2.25. The third-order valence-corrected chi connectivity index (χ3v) is 5.31. The maximum absolute atomic E-state index is 12.6. The van der Waals surface area contributed by atoms with Crippen LogP contribution in [-0.2, 0) is 26.3 Å². The second-order valence-corrected chi connectivity index (χ2v) is 7.72. The average Bonchev–Trinajstić information content (AvgIpc) is 2.70. The minimum absolute atomic E-state index is 0.0365. The third kappa shape index (κ3) is 4.85. The van der Waals surface area contributed by atoms with E-state index < -0.39 is 16.2 Å². The summed E-state index contributed by atoms with van der Waals surface area (Å²) in [4.78, 5) is 12.3. The van der Waals surface area contributed by atoms with E-state index >= 15 is 0 Å². The number of Topliss-reactive ketones (excluding diaryl/α,β-unsaturated/α-hetero) is 1. The van der Waals surface area contributed by atoms with E-state index in [1.54, 1.807) is 36.4 Å². The van der Waals surface area contributed by atoms with Gasteiger partial charge >= 0.3 is 10.1 Å². The van der Waals surface area contributed by atoms with Crippen LogP contribution in [0.15, 0.2) is 89.8 Å². The van der Waals surface area contributed by atoms with Crippen LogP contribution in [0.1, 0.15) is 24.2 Å². The summed E-state index contributed by atoms with van der Waals surface area (Å²) in [7, 11) is -4.03. The molecule has 28 heavy (non-hydrogen) atoms. The van der Waals surface area contributed by atoms with Crippen molar-refractivity contribution in [1.29, 1.82) is 0 Å². The molecular weight excluding hydrogens is 376 g/mol. The Labute approximate surface area is 164 Å². The molecule has 0 aliphatic rings. The molecule has 144 valence electrons. The molecule has 0 amide bonds. The van der Waals surface area contributed by atoms with Crippen LogP contribution in [0.3, 0.4) is 0 Å². The zero-order valence-corrected chi connectivity index (χ0v) is 16.1. The van der Waals surface area contributed by atoms with Crippen LogP contribution in [0.4, 0.5) is 0 Å². The Hall–Kier alpha value is -2.96. The predicted octanol–water partition coefficient (Wildman–Crippen LogP) is 4.30. The Morgan fingerprint density at radius 2 is 1.43 bits per heavy atom. The summed E-state index contributed by atoms with van der Waals surface area (Å²) in [6, 6.07) is 23.8. The molecule has 0 bridgehead atoms. The van der Waals surface area contributed by atoms with E-state index in [9.17, 15) is 13.2 Å². The fourth-order valence-corrected chi connectivity index (χ4v) is 3.68. The van der Waals surface area contributed by atoms with Crippen molar-refractivity contribution < 1.29 is 22.1 Å². The smallest absolute Gasteiger partial charge is 0.339 e. The molecule has 1 unspecified atom stereocenters. The highest BCUT2D eigenvalue weighted by molar-refractivity contribution is 7.87. The number of para-hydroxylation sites is 1. The van der Waals surface area contributed by atoms with Crippen molar-refractivity contribution in [3.05, 3.63) is 96.1 Å². The fraction of sp³-hybridized carbons (Fsp3) is 0.136. The molecular formula is C22H20O5S. The standard InChI is InChI=1S/C22H20O5S/c1-17(23)22(26-16-18-10-4-2-5-11-18)20-14-8-9-15-21(20)27-28(24,25)19-12-6-3-7-13-19/h2-15,22H,16H2,1H3. The molecule has 0 saturated heterocycles. The predicted molar refractivity (Wildman–Crippen MR) is 105 cm³/mol. The molecule has 0 radical (unpaired) electrons. The molecule has 0 heterocycles. The molecule has 0 aliphatic carbocycles. The number of ketones is 1. The first-order valence-corrected chi connectivity index (χ1v) is 10.1. The minimum atomic E-state index is -4.03. The first-order valence-electron chi connectivity index (χ1n) is 8.72. The summed E-state index contributed by atoms with van der Waals surface area (Å²) < 4.78 is 36.3. The Bertz CT molecular complexity index is 1030. The number of ether oxygens (including phenoxy) is 1. The highest BCUT2D eigenvalue weighted by Crippen LogP contribution is 2.31. The van der Waals surface area contributed by atoms with Gasteiger partial charge < -0.3 is 8.92 Å². The van der Waals surface area contributed by atoms with Gasteiger partial charge in [0.1, 0.15) is 16.7 Å². The third-order valence-electron chi connectivity index (χ3n) is 4.06. The minimum Gasteiger partial charge on any atom is -0.379 e. The SMILES string of the molecule is CC(=O)C(OCc1ccccc1)c1ccccc1OS(=O)(=O)c1ccccc1. The number of hydrogen-bond donors (Lipinski definition) is 0. The molecule has 1 atom stereocenters.